The summed E-state index contributed by atoms with van der Waals surface area (Å²) in [5.74, 6) is -0.227. The van der Waals surface area contributed by atoms with E-state index < -0.39 is 5.97 Å². The van der Waals surface area contributed by atoms with Crippen LogP contribution in [0, 0.1) is 5.92 Å². The van der Waals surface area contributed by atoms with E-state index >= 15 is 0 Å². The van der Waals surface area contributed by atoms with Crippen molar-refractivity contribution >= 4 is 29.2 Å². The summed E-state index contributed by atoms with van der Waals surface area (Å²) in [5.41, 5.74) is 1.04. The Labute approximate surface area is 137 Å². The predicted octanol–water partition coefficient (Wildman–Crippen LogP) is 2.81. The van der Waals surface area contributed by atoms with Gasteiger partial charge in [-0.05, 0) is 30.2 Å². The lowest BCUT2D eigenvalue weighted by atomic mass is 10.2. The van der Waals surface area contributed by atoms with E-state index in [-0.39, 0.29) is 16.7 Å². The largest absolute Gasteiger partial charge is 0.493 e. The zero-order valence-electron chi connectivity index (χ0n) is 13.1. The van der Waals surface area contributed by atoms with Crippen LogP contribution >= 0.6 is 11.3 Å². The molecule has 0 radical (unpaired) electrons. The second-order valence-electron chi connectivity index (χ2n) is 5.36. The lowest BCUT2D eigenvalue weighted by molar-refractivity contribution is 0.0601. The van der Waals surface area contributed by atoms with Gasteiger partial charge in [0.1, 0.15) is 4.88 Å². The van der Waals surface area contributed by atoms with E-state index in [1.807, 2.05) is 13.8 Å². The third-order valence-electron chi connectivity index (χ3n) is 3.06. The standard InChI is InChI=1S/C16H18N2O4S/c1-10(2)9-18-14(19)13(23-16(18)21)8-17-12-6-4-11(5-7-12)15(20)22-3/h4-8,10,19H,9H2,1-3H3. The van der Waals surface area contributed by atoms with Crippen LogP contribution in [-0.4, -0.2) is 29.0 Å². The first-order valence-electron chi connectivity index (χ1n) is 7.07. The summed E-state index contributed by atoms with van der Waals surface area (Å²) >= 11 is 0.948. The summed E-state index contributed by atoms with van der Waals surface area (Å²) in [7, 11) is 1.32. The molecule has 0 spiro atoms. The minimum absolute atomic E-state index is 0.0661. The minimum Gasteiger partial charge on any atom is -0.493 e. The van der Waals surface area contributed by atoms with Crippen molar-refractivity contribution < 1.29 is 14.6 Å². The maximum absolute atomic E-state index is 11.9. The molecule has 0 unspecified atom stereocenters. The highest BCUT2D eigenvalue weighted by atomic mass is 32.1. The fraction of sp³-hybridized carbons (Fsp3) is 0.312. The first-order valence-corrected chi connectivity index (χ1v) is 7.89. The zero-order chi connectivity index (χ0) is 17.0. The Morgan fingerprint density at radius 3 is 2.61 bits per heavy atom. The molecule has 1 heterocycles. The summed E-state index contributed by atoms with van der Waals surface area (Å²) in [6, 6.07) is 6.52. The van der Waals surface area contributed by atoms with Gasteiger partial charge in [0, 0.05) is 6.54 Å². The Morgan fingerprint density at radius 2 is 2.04 bits per heavy atom. The van der Waals surface area contributed by atoms with Gasteiger partial charge in [-0.3, -0.25) is 14.4 Å². The first-order chi connectivity index (χ1) is 10.9. The van der Waals surface area contributed by atoms with Gasteiger partial charge in [0.05, 0.1) is 24.6 Å². The van der Waals surface area contributed by atoms with Crippen molar-refractivity contribution in [3.63, 3.8) is 0 Å². The number of benzene rings is 1. The molecule has 0 aliphatic heterocycles. The Morgan fingerprint density at radius 1 is 1.39 bits per heavy atom. The van der Waals surface area contributed by atoms with Gasteiger partial charge in [0.15, 0.2) is 0 Å². The van der Waals surface area contributed by atoms with Gasteiger partial charge in [0.25, 0.3) is 0 Å². The maximum Gasteiger partial charge on any atom is 0.337 e. The van der Waals surface area contributed by atoms with Crippen LogP contribution in [0.1, 0.15) is 29.1 Å². The molecule has 0 saturated heterocycles. The molecule has 0 saturated carbocycles. The van der Waals surface area contributed by atoms with Crippen molar-refractivity contribution in [2.75, 3.05) is 7.11 Å². The number of aromatic hydroxyl groups is 1. The number of carbonyl (C=O) groups excluding carboxylic acids is 1. The van der Waals surface area contributed by atoms with E-state index in [9.17, 15) is 14.7 Å². The highest BCUT2D eigenvalue weighted by molar-refractivity contribution is 7.11. The minimum atomic E-state index is -0.415. The molecule has 0 amide bonds. The van der Waals surface area contributed by atoms with Crippen LogP contribution in [0.25, 0.3) is 0 Å². The number of nitrogens with zero attached hydrogens (tertiary/aromatic N) is 2. The van der Waals surface area contributed by atoms with Crippen molar-refractivity contribution in [3.05, 3.63) is 44.4 Å². The summed E-state index contributed by atoms with van der Waals surface area (Å²) in [4.78, 5) is 27.6. The van der Waals surface area contributed by atoms with Crippen molar-refractivity contribution in [1.82, 2.24) is 4.57 Å². The number of esters is 1. The third-order valence-corrected chi connectivity index (χ3v) is 3.96. The number of thiazole rings is 1. The normalized spacial score (nSPS) is 11.3. The van der Waals surface area contributed by atoms with E-state index in [2.05, 4.69) is 9.73 Å². The molecule has 2 rings (SSSR count). The van der Waals surface area contributed by atoms with Gasteiger partial charge in [0.2, 0.25) is 5.88 Å². The summed E-state index contributed by atoms with van der Waals surface area (Å²) in [5, 5.41) is 10.1. The second-order valence-corrected chi connectivity index (χ2v) is 6.35. The molecule has 6 nitrogen and oxygen atoms in total. The van der Waals surface area contributed by atoms with Gasteiger partial charge in [-0.1, -0.05) is 25.2 Å². The maximum atomic E-state index is 11.9. The number of rotatable bonds is 5. The molecule has 23 heavy (non-hydrogen) atoms. The van der Waals surface area contributed by atoms with Crippen LogP contribution in [-0.2, 0) is 11.3 Å². The number of methoxy groups -OCH3 is 1. The molecule has 0 aliphatic rings. The van der Waals surface area contributed by atoms with Crippen molar-refractivity contribution in [3.8, 4) is 5.88 Å². The SMILES string of the molecule is COC(=O)c1ccc(N=Cc2sc(=O)n(CC(C)C)c2O)cc1. The summed E-state index contributed by atoms with van der Waals surface area (Å²) in [6.07, 6.45) is 1.45. The second kappa shape index (κ2) is 7.23. The van der Waals surface area contributed by atoms with E-state index in [1.165, 1.54) is 17.9 Å². The predicted molar refractivity (Wildman–Crippen MR) is 90.1 cm³/mol. The van der Waals surface area contributed by atoms with Gasteiger partial charge < -0.3 is 9.84 Å². The molecule has 1 aromatic carbocycles. The van der Waals surface area contributed by atoms with Gasteiger partial charge >= 0.3 is 10.8 Å². The van der Waals surface area contributed by atoms with Crippen LogP contribution in [0.5, 0.6) is 5.88 Å². The molecule has 2 aromatic rings. The Hall–Kier alpha value is -2.41. The smallest absolute Gasteiger partial charge is 0.337 e. The zero-order valence-corrected chi connectivity index (χ0v) is 14.0. The summed E-state index contributed by atoms with van der Waals surface area (Å²) in [6.45, 7) is 4.41. The Balaban J connectivity index is 2.20. The van der Waals surface area contributed by atoms with Crippen LogP contribution in [0.4, 0.5) is 5.69 Å². The average molecular weight is 334 g/mol. The first kappa shape index (κ1) is 17.0. The quantitative estimate of drug-likeness (QED) is 0.673. The van der Waals surface area contributed by atoms with Crippen molar-refractivity contribution in [2.24, 2.45) is 10.9 Å². The highest BCUT2D eigenvalue weighted by Crippen LogP contribution is 2.21. The van der Waals surface area contributed by atoms with E-state index in [0.29, 0.717) is 22.7 Å². The Kier molecular flexibility index (Phi) is 5.33. The number of aromatic nitrogens is 1. The molecule has 1 N–H and O–H groups in total. The lowest BCUT2D eigenvalue weighted by Crippen LogP contribution is -2.15. The lowest BCUT2D eigenvalue weighted by Gasteiger charge is -2.05. The van der Waals surface area contributed by atoms with E-state index in [1.54, 1.807) is 24.3 Å². The van der Waals surface area contributed by atoms with Gasteiger partial charge in [-0.25, -0.2) is 4.79 Å². The Bertz CT molecular complexity index is 772. The van der Waals surface area contributed by atoms with Crippen LogP contribution in [0.15, 0.2) is 34.1 Å². The van der Waals surface area contributed by atoms with E-state index in [4.69, 9.17) is 0 Å². The van der Waals surface area contributed by atoms with Crippen LogP contribution in [0.3, 0.4) is 0 Å². The van der Waals surface area contributed by atoms with Gasteiger partial charge in [-0.15, -0.1) is 0 Å². The number of carbonyl (C=O) groups is 1. The number of hydrogen-bond acceptors (Lipinski definition) is 6. The fourth-order valence-corrected chi connectivity index (χ4v) is 2.73. The molecule has 122 valence electrons. The van der Waals surface area contributed by atoms with E-state index in [0.717, 1.165) is 11.3 Å². The molecular formula is C16H18N2O4S. The van der Waals surface area contributed by atoms with Crippen molar-refractivity contribution in [2.45, 2.75) is 20.4 Å². The number of hydrogen-bond donors (Lipinski definition) is 1. The summed E-state index contributed by atoms with van der Waals surface area (Å²) < 4.78 is 5.97. The molecule has 1 aromatic heterocycles. The molecular weight excluding hydrogens is 316 g/mol. The fourth-order valence-electron chi connectivity index (χ4n) is 1.96. The molecule has 0 atom stereocenters. The van der Waals surface area contributed by atoms with Crippen LogP contribution in [0.2, 0.25) is 0 Å². The van der Waals surface area contributed by atoms with Crippen LogP contribution < -0.4 is 4.87 Å². The van der Waals surface area contributed by atoms with Gasteiger partial charge in [-0.2, -0.15) is 0 Å². The average Bonchev–Trinajstić information content (AvgIpc) is 2.80. The highest BCUT2D eigenvalue weighted by Gasteiger charge is 2.13. The monoisotopic (exact) mass is 334 g/mol. The number of aliphatic imine (C=N–C) groups is 1. The molecule has 7 heteroatoms. The molecule has 0 aliphatic carbocycles. The molecule has 0 bridgehead atoms. The number of ether oxygens (including phenoxy) is 1. The third kappa shape index (κ3) is 4.07. The topological polar surface area (TPSA) is 80.9 Å². The molecule has 0 fully saturated rings. The van der Waals surface area contributed by atoms with Crippen molar-refractivity contribution in [1.29, 1.82) is 0 Å².